The molecule has 1 saturated carbocycles. The largest absolute Gasteiger partial charge is 0.362 e. The number of ketones is 2. The predicted molar refractivity (Wildman–Crippen MR) is 89.8 cm³/mol. The number of hydrogen-bond donors (Lipinski definition) is 0. The van der Waals surface area contributed by atoms with E-state index < -0.39 is 6.10 Å². The van der Waals surface area contributed by atoms with E-state index in [9.17, 15) is 9.59 Å². The lowest BCUT2D eigenvalue weighted by Crippen LogP contribution is -2.52. The van der Waals surface area contributed by atoms with Crippen molar-refractivity contribution in [2.75, 3.05) is 0 Å². The number of rotatable bonds is 0. The van der Waals surface area contributed by atoms with Gasteiger partial charge in [-0.3, -0.25) is 9.59 Å². The maximum atomic E-state index is 12.5. The average molecular weight is 338 g/mol. The van der Waals surface area contributed by atoms with Crippen LogP contribution in [0.1, 0.15) is 38.5 Å². The first kappa shape index (κ1) is 14.6. The summed E-state index contributed by atoms with van der Waals surface area (Å²) in [4.78, 5) is 25.0. The third kappa shape index (κ3) is 1.70. The smallest absolute Gasteiger partial charge is 0.188 e. The molecule has 0 amide bonds. The summed E-state index contributed by atoms with van der Waals surface area (Å²) in [5.41, 5.74) is 2.56. The Balaban J connectivity index is 1.54. The van der Waals surface area contributed by atoms with Crippen molar-refractivity contribution in [3.63, 3.8) is 0 Å². The van der Waals surface area contributed by atoms with E-state index in [1.165, 1.54) is 30.4 Å². The molecule has 4 bridgehead atoms. The van der Waals surface area contributed by atoms with Crippen molar-refractivity contribution in [3.05, 3.63) is 35.5 Å². The fourth-order valence-electron chi connectivity index (χ4n) is 6.57. The molecular formula is C21H22O4. The van der Waals surface area contributed by atoms with Gasteiger partial charge in [0.25, 0.3) is 0 Å². The highest BCUT2D eigenvalue weighted by atomic mass is 16.5. The Hall–Kier alpha value is -1.52. The van der Waals surface area contributed by atoms with Crippen LogP contribution in [0.4, 0.5) is 0 Å². The van der Waals surface area contributed by atoms with Gasteiger partial charge in [0.15, 0.2) is 11.6 Å². The van der Waals surface area contributed by atoms with Crippen LogP contribution >= 0.6 is 0 Å². The minimum absolute atomic E-state index is 0.0156. The molecule has 4 aliphatic heterocycles. The first-order valence-electron chi connectivity index (χ1n) is 9.67. The third-order valence-corrected chi connectivity index (χ3v) is 7.50. The van der Waals surface area contributed by atoms with E-state index in [0.717, 1.165) is 19.3 Å². The molecule has 2 aliphatic carbocycles. The average Bonchev–Trinajstić information content (AvgIpc) is 3.16. The van der Waals surface area contributed by atoms with Crippen LogP contribution < -0.4 is 0 Å². The van der Waals surface area contributed by atoms with Crippen molar-refractivity contribution in [1.29, 1.82) is 0 Å². The molecule has 6 rings (SSSR count). The van der Waals surface area contributed by atoms with E-state index in [4.69, 9.17) is 9.47 Å². The van der Waals surface area contributed by atoms with Gasteiger partial charge in [0.05, 0.1) is 12.2 Å². The number of fused-ring (bicyclic) bond motifs is 11. The first-order valence-corrected chi connectivity index (χ1v) is 9.67. The lowest BCUT2D eigenvalue weighted by molar-refractivity contribution is -0.136. The van der Waals surface area contributed by atoms with Crippen molar-refractivity contribution in [2.45, 2.75) is 62.9 Å². The number of ether oxygens (including phenoxy) is 2. The quantitative estimate of drug-likeness (QED) is 0.637. The molecule has 6 aliphatic rings. The van der Waals surface area contributed by atoms with Gasteiger partial charge in [-0.2, -0.15) is 0 Å². The van der Waals surface area contributed by atoms with Gasteiger partial charge in [0, 0.05) is 17.3 Å². The molecule has 0 radical (unpaired) electrons. The molecule has 4 heteroatoms. The van der Waals surface area contributed by atoms with Crippen LogP contribution in [0.2, 0.25) is 0 Å². The van der Waals surface area contributed by atoms with Gasteiger partial charge in [-0.15, -0.1) is 0 Å². The Labute approximate surface area is 146 Å². The van der Waals surface area contributed by atoms with Crippen LogP contribution in [0.3, 0.4) is 0 Å². The molecule has 2 fully saturated rings. The fraction of sp³-hybridized carbons (Fsp3) is 0.619. The van der Waals surface area contributed by atoms with Crippen molar-refractivity contribution in [3.8, 4) is 0 Å². The zero-order valence-corrected chi connectivity index (χ0v) is 14.1. The van der Waals surface area contributed by atoms with Crippen LogP contribution in [0.5, 0.6) is 0 Å². The molecule has 4 heterocycles. The Bertz CT molecular complexity index is 767. The van der Waals surface area contributed by atoms with Crippen molar-refractivity contribution in [1.82, 2.24) is 0 Å². The lowest BCUT2D eigenvalue weighted by atomic mass is 9.59. The van der Waals surface area contributed by atoms with Crippen molar-refractivity contribution < 1.29 is 19.1 Å². The Morgan fingerprint density at radius 3 is 2.60 bits per heavy atom. The van der Waals surface area contributed by atoms with Gasteiger partial charge >= 0.3 is 0 Å². The molecule has 1 saturated heterocycles. The molecule has 4 nitrogen and oxygen atoms in total. The highest BCUT2D eigenvalue weighted by molar-refractivity contribution is 5.98. The Morgan fingerprint density at radius 1 is 0.960 bits per heavy atom. The van der Waals surface area contributed by atoms with Gasteiger partial charge in [-0.25, -0.2) is 0 Å². The summed E-state index contributed by atoms with van der Waals surface area (Å²) >= 11 is 0. The summed E-state index contributed by atoms with van der Waals surface area (Å²) in [6.07, 6.45) is 13.3. The molecular weight excluding hydrogens is 316 g/mol. The van der Waals surface area contributed by atoms with E-state index in [1.54, 1.807) is 12.2 Å². The second-order valence-corrected chi connectivity index (χ2v) is 8.53. The van der Waals surface area contributed by atoms with Crippen LogP contribution in [0.25, 0.3) is 0 Å². The van der Waals surface area contributed by atoms with E-state index in [0.29, 0.717) is 5.92 Å². The molecule has 130 valence electrons. The summed E-state index contributed by atoms with van der Waals surface area (Å²) in [6, 6.07) is 0. The minimum atomic E-state index is -0.414. The highest BCUT2D eigenvalue weighted by Crippen LogP contribution is 2.63. The normalized spacial score (nSPS) is 45.9. The maximum Gasteiger partial charge on any atom is 0.188 e. The zero-order valence-electron chi connectivity index (χ0n) is 14.1. The molecule has 0 aromatic heterocycles. The lowest BCUT2D eigenvalue weighted by Gasteiger charge is -2.51. The van der Waals surface area contributed by atoms with Gasteiger partial charge < -0.3 is 9.47 Å². The summed E-state index contributed by atoms with van der Waals surface area (Å²) in [5, 5.41) is 0. The van der Waals surface area contributed by atoms with Gasteiger partial charge in [-0.1, -0.05) is 37.0 Å². The molecule has 0 aromatic rings. The van der Waals surface area contributed by atoms with Gasteiger partial charge in [0.2, 0.25) is 0 Å². The standard InChI is InChI=1S/C21H22O4/c22-13-5-7-16-21(8-2-1-3-9-21)18-12(19(13)25-16)10-11-15-6-4-14(23)20(24-15)17(11)18/h4-7,11,15-17,19-20H,1-3,8-10H2/t11?,15-,16+,17?,19+,20+/m1/s1. The number of carbonyl (C=O) groups is 2. The van der Waals surface area contributed by atoms with Crippen LogP contribution in [-0.2, 0) is 19.1 Å². The third-order valence-electron chi connectivity index (χ3n) is 7.50. The SMILES string of the molecule is O=C1C=C[C@@H]2O[C@H]1C1=C(C3C(C1)[C@H]1C=CC(=O)[C@@H]3O1)C21CCCCC1. The van der Waals surface area contributed by atoms with Crippen molar-refractivity contribution >= 4 is 11.6 Å². The minimum Gasteiger partial charge on any atom is -0.362 e. The topological polar surface area (TPSA) is 52.6 Å². The van der Waals surface area contributed by atoms with E-state index in [-0.39, 0.29) is 41.2 Å². The molecule has 0 aromatic carbocycles. The maximum absolute atomic E-state index is 12.5. The van der Waals surface area contributed by atoms with E-state index in [2.05, 4.69) is 0 Å². The summed E-state index contributed by atoms with van der Waals surface area (Å²) in [5.74, 6) is 0.616. The highest BCUT2D eigenvalue weighted by Gasteiger charge is 2.63. The zero-order chi connectivity index (χ0) is 16.8. The second-order valence-electron chi connectivity index (χ2n) is 8.53. The summed E-state index contributed by atoms with van der Waals surface area (Å²) in [6.45, 7) is 0. The summed E-state index contributed by atoms with van der Waals surface area (Å²) < 4.78 is 12.4. The number of hydrogen-bond acceptors (Lipinski definition) is 4. The molecule has 6 atom stereocenters. The predicted octanol–water partition coefficient (Wildman–Crippen LogP) is 2.68. The molecule has 1 spiro atoms. The first-order chi connectivity index (χ1) is 12.2. The Kier molecular flexibility index (Phi) is 2.81. The van der Waals surface area contributed by atoms with Crippen LogP contribution in [0, 0.1) is 17.3 Å². The van der Waals surface area contributed by atoms with Crippen molar-refractivity contribution in [2.24, 2.45) is 17.3 Å². The van der Waals surface area contributed by atoms with Crippen LogP contribution in [0.15, 0.2) is 35.5 Å². The van der Waals surface area contributed by atoms with Gasteiger partial charge in [0.1, 0.15) is 12.2 Å². The van der Waals surface area contributed by atoms with Gasteiger partial charge in [-0.05, 0) is 37.0 Å². The Morgan fingerprint density at radius 2 is 1.76 bits per heavy atom. The molecule has 0 N–H and O–H groups in total. The molecule has 25 heavy (non-hydrogen) atoms. The monoisotopic (exact) mass is 338 g/mol. The molecule has 2 unspecified atom stereocenters. The second kappa shape index (κ2) is 4.80. The summed E-state index contributed by atoms with van der Waals surface area (Å²) in [7, 11) is 0. The van der Waals surface area contributed by atoms with E-state index >= 15 is 0 Å². The van der Waals surface area contributed by atoms with Crippen LogP contribution in [-0.4, -0.2) is 36.0 Å². The fourth-order valence-corrected chi connectivity index (χ4v) is 6.57. The van der Waals surface area contributed by atoms with E-state index in [1.807, 2.05) is 12.2 Å². The number of carbonyl (C=O) groups excluding carboxylic acids is 2.